The molecule has 0 radical (unpaired) electrons. The van der Waals surface area contributed by atoms with Gasteiger partial charge in [0, 0.05) is 24.5 Å². The first-order chi connectivity index (χ1) is 6.68. The van der Waals surface area contributed by atoms with Crippen LogP contribution in [-0.2, 0) is 0 Å². The van der Waals surface area contributed by atoms with Gasteiger partial charge in [-0.1, -0.05) is 0 Å². The van der Waals surface area contributed by atoms with Crippen molar-refractivity contribution in [3.05, 3.63) is 48.3 Å². The standard InChI is InChI=1S/C10H7F2NO/c11-8-5-7(6-9(12)10(8)14)13-3-1-2-4-13/h1-6,14H. The Morgan fingerprint density at radius 2 is 1.50 bits per heavy atom. The van der Waals surface area contributed by atoms with Crippen molar-refractivity contribution >= 4 is 0 Å². The lowest BCUT2D eigenvalue weighted by Gasteiger charge is -2.04. The summed E-state index contributed by atoms with van der Waals surface area (Å²) in [5, 5.41) is 8.87. The van der Waals surface area contributed by atoms with E-state index in [4.69, 9.17) is 5.11 Å². The highest BCUT2D eigenvalue weighted by molar-refractivity contribution is 5.39. The van der Waals surface area contributed by atoms with E-state index in [1.165, 1.54) is 0 Å². The first kappa shape index (κ1) is 8.74. The number of nitrogens with zero attached hydrogens (tertiary/aromatic N) is 1. The largest absolute Gasteiger partial charge is 0.503 e. The van der Waals surface area contributed by atoms with Crippen molar-refractivity contribution in [3.63, 3.8) is 0 Å². The fraction of sp³-hybridized carbons (Fsp3) is 0. The average molecular weight is 195 g/mol. The van der Waals surface area contributed by atoms with Crippen LogP contribution in [0.1, 0.15) is 0 Å². The van der Waals surface area contributed by atoms with Crippen LogP contribution in [0.5, 0.6) is 5.75 Å². The summed E-state index contributed by atoms with van der Waals surface area (Å²) in [6, 6.07) is 5.61. The predicted molar refractivity (Wildman–Crippen MR) is 47.3 cm³/mol. The Kier molecular flexibility index (Phi) is 1.96. The molecule has 2 rings (SSSR count). The molecule has 0 aliphatic rings. The van der Waals surface area contributed by atoms with E-state index in [2.05, 4.69) is 0 Å². The van der Waals surface area contributed by atoms with Gasteiger partial charge in [0.25, 0.3) is 0 Å². The number of hydrogen-bond donors (Lipinski definition) is 1. The molecular formula is C10H7F2NO. The molecule has 0 amide bonds. The van der Waals surface area contributed by atoms with Crippen LogP contribution in [0.2, 0.25) is 0 Å². The Balaban J connectivity index is 2.57. The molecule has 0 spiro atoms. The van der Waals surface area contributed by atoms with Gasteiger partial charge in [-0.3, -0.25) is 0 Å². The van der Waals surface area contributed by atoms with Crippen LogP contribution in [0, 0.1) is 11.6 Å². The van der Waals surface area contributed by atoms with Crippen molar-refractivity contribution in [2.75, 3.05) is 0 Å². The molecule has 0 aliphatic carbocycles. The zero-order chi connectivity index (χ0) is 10.1. The maximum Gasteiger partial charge on any atom is 0.187 e. The maximum atomic E-state index is 12.9. The third kappa shape index (κ3) is 1.35. The summed E-state index contributed by atoms with van der Waals surface area (Å²) in [4.78, 5) is 0. The molecule has 1 aromatic heterocycles. The molecule has 0 bridgehead atoms. The van der Waals surface area contributed by atoms with Crippen molar-refractivity contribution in [2.24, 2.45) is 0 Å². The quantitative estimate of drug-likeness (QED) is 0.742. The Hall–Kier alpha value is -1.84. The number of phenols is 1. The van der Waals surface area contributed by atoms with E-state index < -0.39 is 17.4 Å². The van der Waals surface area contributed by atoms with Crippen molar-refractivity contribution in [3.8, 4) is 11.4 Å². The second kappa shape index (κ2) is 3.14. The number of benzene rings is 1. The summed E-state index contributed by atoms with van der Waals surface area (Å²) in [6.45, 7) is 0. The molecule has 2 aromatic rings. The first-order valence-electron chi connectivity index (χ1n) is 4.00. The second-order valence-corrected chi connectivity index (χ2v) is 2.85. The molecule has 4 heteroatoms. The van der Waals surface area contributed by atoms with Gasteiger partial charge in [0.05, 0.1) is 5.69 Å². The minimum absolute atomic E-state index is 0.336. The van der Waals surface area contributed by atoms with E-state index in [0.29, 0.717) is 5.69 Å². The molecule has 0 saturated heterocycles. The lowest BCUT2D eigenvalue weighted by atomic mass is 10.2. The summed E-state index contributed by atoms with van der Waals surface area (Å²) in [6.07, 6.45) is 3.32. The van der Waals surface area contributed by atoms with Crippen LogP contribution in [0.4, 0.5) is 8.78 Å². The zero-order valence-electron chi connectivity index (χ0n) is 7.11. The van der Waals surface area contributed by atoms with Gasteiger partial charge < -0.3 is 9.67 Å². The van der Waals surface area contributed by atoms with Crippen molar-refractivity contribution in [1.29, 1.82) is 0 Å². The molecule has 1 aromatic carbocycles. The topological polar surface area (TPSA) is 25.2 Å². The van der Waals surface area contributed by atoms with Gasteiger partial charge in [-0.2, -0.15) is 0 Å². The van der Waals surface area contributed by atoms with Crippen LogP contribution in [0.25, 0.3) is 5.69 Å². The van der Waals surface area contributed by atoms with Crippen molar-refractivity contribution in [2.45, 2.75) is 0 Å². The Labute approximate surface area is 79.0 Å². The Morgan fingerprint density at radius 3 is 2.00 bits per heavy atom. The predicted octanol–water partition coefficient (Wildman–Crippen LogP) is 2.46. The van der Waals surface area contributed by atoms with E-state index in [9.17, 15) is 8.78 Å². The van der Waals surface area contributed by atoms with Crippen LogP contribution in [-0.4, -0.2) is 9.67 Å². The van der Waals surface area contributed by atoms with Gasteiger partial charge in [0.2, 0.25) is 0 Å². The van der Waals surface area contributed by atoms with Gasteiger partial charge in [-0.25, -0.2) is 8.78 Å². The summed E-state index contributed by atoms with van der Waals surface area (Å²) < 4.78 is 27.4. The number of aromatic hydroxyl groups is 1. The van der Waals surface area contributed by atoms with E-state index >= 15 is 0 Å². The first-order valence-corrected chi connectivity index (χ1v) is 4.00. The summed E-state index contributed by atoms with van der Waals surface area (Å²) in [5.41, 5.74) is 0.336. The average Bonchev–Trinajstić information content (AvgIpc) is 2.66. The van der Waals surface area contributed by atoms with Gasteiger partial charge in [-0.05, 0) is 12.1 Å². The zero-order valence-corrected chi connectivity index (χ0v) is 7.11. The van der Waals surface area contributed by atoms with E-state index in [1.54, 1.807) is 29.1 Å². The number of hydrogen-bond acceptors (Lipinski definition) is 1. The normalized spacial score (nSPS) is 10.4. The van der Waals surface area contributed by atoms with E-state index in [-0.39, 0.29) is 0 Å². The molecule has 0 saturated carbocycles. The maximum absolute atomic E-state index is 12.9. The SMILES string of the molecule is Oc1c(F)cc(-n2cccc2)cc1F. The number of aromatic nitrogens is 1. The molecular weight excluding hydrogens is 188 g/mol. The minimum Gasteiger partial charge on any atom is -0.503 e. The van der Waals surface area contributed by atoms with Gasteiger partial charge >= 0.3 is 0 Å². The van der Waals surface area contributed by atoms with Crippen LogP contribution >= 0.6 is 0 Å². The summed E-state index contributed by atoms with van der Waals surface area (Å²) >= 11 is 0. The number of rotatable bonds is 1. The van der Waals surface area contributed by atoms with Crippen LogP contribution < -0.4 is 0 Å². The van der Waals surface area contributed by atoms with Crippen molar-refractivity contribution < 1.29 is 13.9 Å². The molecule has 2 nitrogen and oxygen atoms in total. The highest BCUT2D eigenvalue weighted by Crippen LogP contribution is 2.23. The second-order valence-electron chi connectivity index (χ2n) is 2.85. The third-order valence-electron chi connectivity index (χ3n) is 1.90. The molecule has 0 fully saturated rings. The van der Waals surface area contributed by atoms with Gasteiger partial charge in [-0.15, -0.1) is 0 Å². The summed E-state index contributed by atoms with van der Waals surface area (Å²) in [5.74, 6) is -2.87. The highest BCUT2D eigenvalue weighted by Gasteiger charge is 2.09. The molecule has 1 N–H and O–H groups in total. The molecule has 1 heterocycles. The van der Waals surface area contributed by atoms with E-state index in [1.807, 2.05) is 0 Å². The fourth-order valence-corrected chi connectivity index (χ4v) is 1.21. The van der Waals surface area contributed by atoms with Gasteiger partial charge in [0.1, 0.15) is 0 Å². The smallest absolute Gasteiger partial charge is 0.187 e. The Morgan fingerprint density at radius 1 is 1.00 bits per heavy atom. The fourth-order valence-electron chi connectivity index (χ4n) is 1.21. The number of phenolic OH excluding ortho intramolecular Hbond substituents is 1. The summed E-state index contributed by atoms with van der Waals surface area (Å²) in [7, 11) is 0. The molecule has 14 heavy (non-hydrogen) atoms. The van der Waals surface area contributed by atoms with Crippen LogP contribution in [0.3, 0.4) is 0 Å². The highest BCUT2D eigenvalue weighted by atomic mass is 19.1. The minimum atomic E-state index is -0.964. The van der Waals surface area contributed by atoms with Crippen LogP contribution in [0.15, 0.2) is 36.7 Å². The van der Waals surface area contributed by atoms with E-state index in [0.717, 1.165) is 12.1 Å². The van der Waals surface area contributed by atoms with Gasteiger partial charge in [0.15, 0.2) is 17.4 Å². The molecule has 72 valence electrons. The molecule has 0 atom stereocenters. The Bertz CT molecular complexity index is 428. The number of halogens is 2. The van der Waals surface area contributed by atoms with Crippen molar-refractivity contribution in [1.82, 2.24) is 4.57 Å². The molecule has 0 aliphatic heterocycles. The lowest BCUT2D eigenvalue weighted by Crippen LogP contribution is -1.93. The lowest BCUT2D eigenvalue weighted by molar-refractivity contribution is 0.396. The monoisotopic (exact) mass is 195 g/mol. The molecule has 0 unspecified atom stereocenters. The third-order valence-corrected chi connectivity index (χ3v) is 1.90.